The van der Waals surface area contributed by atoms with E-state index in [0.29, 0.717) is 12.4 Å². The lowest BCUT2D eigenvalue weighted by Crippen LogP contribution is -2.39. The molecule has 0 unspecified atom stereocenters. The highest BCUT2D eigenvalue weighted by molar-refractivity contribution is 5.94. The van der Waals surface area contributed by atoms with Gasteiger partial charge in [0.1, 0.15) is 0 Å². The minimum Gasteiger partial charge on any atom is -0.372 e. The highest BCUT2D eigenvalue weighted by Crippen LogP contribution is 2.27. The SMILES string of the molecule is Cc1nc([C@@H]2CCCN(C(=O)c3ccc(N4CCCC4)cc3)C2)no1. The Morgan fingerprint density at radius 3 is 2.56 bits per heavy atom. The van der Waals surface area contributed by atoms with Gasteiger partial charge in [-0.3, -0.25) is 4.79 Å². The molecular weight excluding hydrogens is 316 g/mol. The summed E-state index contributed by atoms with van der Waals surface area (Å²) < 4.78 is 5.09. The van der Waals surface area contributed by atoms with Gasteiger partial charge in [0.15, 0.2) is 5.82 Å². The number of aryl methyl sites for hydroxylation is 1. The number of hydrogen-bond donors (Lipinski definition) is 0. The van der Waals surface area contributed by atoms with Crippen molar-refractivity contribution in [2.75, 3.05) is 31.1 Å². The number of aromatic nitrogens is 2. The van der Waals surface area contributed by atoms with Gasteiger partial charge < -0.3 is 14.3 Å². The van der Waals surface area contributed by atoms with E-state index in [4.69, 9.17) is 4.52 Å². The first-order chi connectivity index (χ1) is 12.2. The molecule has 0 saturated carbocycles. The van der Waals surface area contributed by atoms with Crippen molar-refractivity contribution >= 4 is 11.6 Å². The second kappa shape index (κ2) is 6.86. The maximum Gasteiger partial charge on any atom is 0.253 e. The van der Waals surface area contributed by atoms with Crippen LogP contribution in [0.15, 0.2) is 28.8 Å². The molecule has 1 aromatic heterocycles. The van der Waals surface area contributed by atoms with Gasteiger partial charge in [-0.1, -0.05) is 5.16 Å². The Labute approximate surface area is 147 Å². The van der Waals surface area contributed by atoms with Crippen LogP contribution in [0.4, 0.5) is 5.69 Å². The number of nitrogens with zero attached hydrogens (tertiary/aromatic N) is 4. The van der Waals surface area contributed by atoms with Crippen LogP contribution >= 0.6 is 0 Å². The summed E-state index contributed by atoms with van der Waals surface area (Å²) in [5.74, 6) is 1.56. The van der Waals surface area contributed by atoms with Crippen LogP contribution in [-0.2, 0) is 0 Å². The molecule has 0 spiro atoms. The summed E-state index contributed by atoms with van der Waals surface area (Å²) in [6.45, 7) is 5.48. The third-order valence-electron chi connectivity index (χ3n) is 5.20. The molecule has 0 radical (unpaired) electrons. The Kier molecular flexibility index (Phi) is 4.42. The fourth-order valence-corrected chi connectivity index (χ4v) is 3.83. The van der Waals surface area contributed by atoms with Crippen molar-refractivity contribution in [3.63, 3.8) is 0 Å². The van der Waals surface area contributed by atoms with Gasteiger partial charge >= 0.3 is 0 Å². The summed E-state index contributed by atoms with van der Waals surface area (Å²) in [5, 5.41) is 4.03. The number of benzene rings is 1. The van der Waals surface area contributed by atoms with Crippen molar-refractivity contribution in [3.05, 3.63) is 41.5 Å². The first kappa shape index (κ1) is 16.1. The summed E-state index contributed by atoms with van der Waals surface area (Å²) in [7, 11) is 0. The van der Waals surface area contributed by atoms with E-state index in [1.807, 2.05) is 17.0 Å². The zero-order valence-electron chi connectivity index (χ0n) is 14.6. The van der Waals surface area contributed by atoms with Crippen LogP contribution in [0.5, 0.6) is 0 Å². The Bertz CT molecular complexity index is 734. The molecule has 1 aromatic carbocycles. The smallest absolute Gasteiger partial charge is 0.253 e. The molecule has 4 rings (SSSR count). The molecule has 1 amide bonds. The molecule has 132 valence electrons. The third-order valence-corrected chi connectivity index (χ3v) is 5.20. The quantitative estimate of drug-likeness (QED) is 0.859. The van der Waals surface area contributed by atoms with Gasteiger partial charge in [0, 0.05) is 50.3 Å². The first-order valence-electron chi connectivity index (χ1n) is 9.15. The fourth-order valence-electron chi connectivity index (χ4n) is 3.83. The molecule has 0 bridgehead atoms. The minimum atomic E-state index is 0.0953. The largest absolute Gasteiger partial charge is 0.372 e. The molecule has 2 aromatic rings. The van der Waals surface area contributed by atoms with Gasteiger partial charge in [0.2, 0.25) is 5.89 Å². The Balaban J connectivity index is 1.44. The van der Waals surface area contributed by atoms with E-state index in [1.165, 1.54) is 18.5 Å². The normalized spacial score (nSPS) is 20.9. The topological polar surface area (TPSA) is 62.5 Å². The van der Waals surface area contributed by atoms with E-state index in [1.54, 1.807) is 6.92 Å². The van der Waals surface area contributed by atoms with Gasteiger partial charge in [-0.25, -0.2) is 0 Å². The van der Waals surface area contributed by atoms with Crippen LogP contribution in [-0.4, -0.2) is 47.1 Å². The Morgan fingerprint density at radius 2 is 1.88 bits per heavy atom. The number of rotatable bonds is 3. The summed E-state index contributed by atoms with van der Waals surface area (Å²) in [4.78, 5) is 21.5. The van der Waals surface area contributed by atoms with Gasteiger partial charge in [0.05, 0.1) is 0 Å². The lowest BCUT2D eigenvalue weighted by atomic mass is 9.96. The summed E-state index contributed by atoms with van der Waals surface area (Å²) in [5.41, 5.74) is 1.97. The number of amides is 1. The summed E-state index contributed by atoms with van der Waals surface area (Å²) >= 11 is 0. The van der Waals surface area contributed by atoms with Crippen LogP contribution in [0.1, 0.15) is 53.7 Å². The fraction of sp³-hybridized carbons (Fsp3) is 0.526. The maximum atomic E-state index is 12.9. The van der Waals surface area contributed by atoms with Gasteiger partial charge in [-0.05, 0) is 49.9 Å². The first-order valence-corrected chi connectivity index (χ1v) is 9.15. The van der Waals surface area contributed by atoms with E-state index in [0.717, 1.165) is 43.9 Å². The van der Waals surface area contributed by atoms with Crippen LogP contribution in [0.25, 0.3) is 0 Å². The molecule has 2 saturated heterocycles. The minimum absolute atomic E-state index is 0.0953. The number of hydrogen-bond acceptors (Lipinski definition) is 5. The molecule has 6 heteroatoms. The average molecular weight is 340 g/mol. The predicted octanol–water partition coefficient (Wildman–Crippen LogP) is 3.00. The maximum absolute atomic E-state index is 12.9. The third kappa shape index (κ3) is 3.38. The molecule has 3 heterocycles. The molecule has 0 N–H and O–H groups in total. The zero-order valence-corrected chi connectivity index (χ0v) is 14.6. The summed E-state index contributed by atoms with van der Waals surface area (Å²) in [6.07, 6.45) is 4.48. The summed E-state index contributed by atoms with van der Waals surface area (Å²) in [6, 6.07) is 8.06. The van der Waals surface area contributed by atoms with Gasteiger partial charge in [-0.2, -0.15) is 4.98 Å². The van der Waals surface area contributed by atoms with E-state index in [2.05, 4.69) is 27.2 Å². The van der Waals surface area contributed by atoms with E-state index in [9.17, 15) is 4.79 Å². The number of likely N-dealkylation sites (tertiary alicyclic amines) is 1. The molecule has 6 nitrogen and oxygen atoms in total. The molecule has 0 aliphatic carbocycles. The Morgan fingerprint density at radius 1 is 1.12 bits per heavy atom. The van der Waals surface area contributed by atoms with Crippen LogP contribution in [0.3, 0.4) is 0 Å². The second-order valence-electron chi connectivity index (χ2n) is 7.00. The van der Waals surface area contributed by atoms with Crippen molar-refractivity contribution in [1.82, 2.24) is 15.0 Å². The van der Waals surface area contributed by atoms with Crippen LogP contribution in [0.2, 0.25) is 0 Å². The van der Waals surface area contributed by atoms with Crippen molar-refractivity contribution < 1.29 is 9.32 Å². The van der Waals surface area contributed by atoms with Crippen molar-refractivity contribution in [2.24, 2.45) is 0 Å². The highest BCUT2D eigenvalue weighted by atomic mass is 16.5. The van der Waals surface area contributed by atoms with Gasteiger partial charge in [0.25, 0.3) is 5.91 Å². The van der Waals surface area contributed by atoms with Crippen molar-refractivity contribution in [1.29, 1.82) is 0 Å². The molecule has 2 aliphatic rings. The van der Waals surface area contributed by atoms with E-state index in [-0.39, 0.29) is 11.8 Å². The number of piperidine rings is 1. The van der Waals surface area contributed by atoms with Crippen molar-refractivity contribution in [3.8, 4) is 0 Å². The molecule has 25 heavy (non-hydrogen) atoms. The average Bonchev–Trinajstić information content (AvgIpc) is 3.33. The van der Waals surface area contributed by atoms with Crippen molar-refractivity contribution in [2.45, 2.75) is 38.5 Å². The lowest BCUT2D eigenvalue weighted by molar-refractivity contribution is 0.0703. The standard InChI is InChI=1S/C19H24N4O2/c1-14-20-18(21-25-14)16-5-4-12-23(13-16)19(24)15-6-8-17(9-7-15)22-10-2-3-11-22/h6-9,16H,2-5,10-13H2,1H3/t16-/m1/s1. The second-order valence-corrected chi connectivity index (χ2v) is 7.00. The zero-order chi connectivity index (χ0) is 17.2. The molecule has 1 atom stereocenters. The van der Waals surface area contributed by atoms with E-state index < -0.39 is 0 Å². The van der Waals surface area contributed by atoms with Crippen LogP contribution < -0.4 is 4.90 Å². The number of anilines is 1. The molecule has 2 aliphatic heterocycles. The Hall–Kier alpha value is -2.37. The lowest BCUT2D eigenvalue weighted by Gasteiger charge is -2.31. The van der Waals surface area contributed by atoms with Crippen LogP contribution in [0, 0.1) is 6.92 Å². The number of carbonyl (C=O) groups is 1. The van der Waals surface area contributed by atoms with E-state index >= 15 is 0 Å². The molecular formula is C19H24N4O2. The molecule has 2 fully saturated rings. The predicted molar refractivity (Wildman–Crippen MR) is 94.8 cm³/mol. The van der Waals surface area contributed by atoms with Gasteiger partial charge in [-0.15, -0.1) is 0 Å². The highest BCUT2D eigenvalue weighted by Gasteiger charge is 2.28. The number of carbonyl (C=O) groups excluding carboxylic acids is 1. The monoisotopic (exact) mass is 340 g/mol.